The molecule has 0 aromatic heterocycles. The summed E-state index contributed by atoms with van der Waals surface area (Å²) in [7, 11) is 0. The number of hydrogen-bond donors (Lipinski definition) is 0. The molecule has 0 saturated carbocycles. The maximum atomic E-state index is 2.49. The molecule has 0 amide bonds. The molecule has 0 fully saturated rings. The summed E-state index contributed by atoms with van der Waals surface area (Å²) in [6, 6.07) is 69.3. The fraction of sp³-hybridized carbons (Fsp3) is 0.450. The largest absolute Gasteiger partial charge is 0.0646 e. The lowest BCUT2D eigenvalue weighted by atomic mass is 9.72. The highest BCUT2D eigenvalue weighted by atomic mass is 14.4. The molecule has 0 unspecified atom stereocenters. The highest BCUT2D eigenvalue weighted by Crippen LogP contribution is 2.45. The normalized spacial score (nSPS) is 12.6. The summed E-state index contributed by atoms with van der Waals surface area (Å²) in [4.78, 5) is 0. The van der Waals surface area contributed by atoms with Gasteiger partial charge in [-0.15, -0.1) is 0 Å². The fourth-order valence-corrected chi connectivity index (χ4v) is 16.9. The zero-order valence-corrected chi connectivity index (χ0v) is 75.6. The first-order chi connectivity index (χ1) is 50.3. The van der Waals surface area contributed by atoms with Gasteiger partial charge in [0.15, 0.2) is 0 Å². The predicted octanol–water partition coefficient (Wildman–Crippen LogP) is 33.2. The number of fused-ring (bicyclic) bond motifs is 6. The molecule has 0 heteroatoms. The van der Waals surface area contributed by atoms with Gasteiger partial charge in [0.25, 0.3) is 0 Å². The van der Waals surface area contributed by atoms with Crippen LogP contribution in [0.5, 0.6) is 0 Å². The summed E-state index contributed by atoms with van der Waals surface area (Å²) in [5.74, 6) is 0.566. The zero-order chi connectivity index (χ0) is 81.9. The van der Waals surface area contributed by atoms with E-state index < -0.39 is 0 Å². The Morgan fingerprint density at radius 3 is 0.826 bits per heavy atom. The van der Waals surface area contributed by atoms with Crippen molar-refractivity contribution in [1.29, 1.82) is 0 Å². The Bertz CT molecular complexity index is 5120. The molecular weight excluding hydrogens is 1310 g/mol. The van der Waals surface area contributed by atoms with E-state index >= 15 is 0 Å². The van der Waals surface area contributed by atoms with E-state index in [2.05, 4.69) is 437 Å². The summed E-state index contributed by atoms with van der Waals surface area (Å²) < 4.78 is 0. The van der Waals surface area contributed by atoms with E-state index in [1.54, 1.807) is 0 Å². The second kappa shape index (κ2) is 34.0. The van der Waals surface area contributed by atoms with Crippen LogP contribution in [0, 0.1) is 48.5 Å². The molecule has 12 rings (SSSR count). The van der Waals surface area contributed by atoms with Crippen molar-refractivity contribution >= 4 is 64.6 Å². The van der Waals surface area contributed by atoms with Crippen molar-refractivity contribution in [3.63, 3.8) is 0 Å². The van der Waals surface area contributed by atoms with Gasteiger partial charge in [-0.25, -0.2) is 0 Å². The van der Waals surface area contributed by atoms with E-state index in [1.165, 1.54) is 172 Å². The molecule has 0 aliphatic carbocycles. The van der Waals surface area contributed by atoms with E-state index in [4.69, 9.17) is 0 Å². The lowest BCUT2D eigenvalue weighted by Crippen LogP contribution is -2.22. The standard InChI is InChI=1S/C21H30.C20H28.C19H26.C18H24.C16H20.C15H18/c1-8-21(7,9-2)19-14-18(20(4,5)6)15(3)16-12-10-11-13-17(16)19;1-8-20(6,7)18-13-17(19(3,4)5)14(2)15-11-9-10-12-16(15)18;1-13-14-10-8-9-11-15(14)17(19(5,6)7)12-16(13)18(2,3)4;1-12(2)16-11-17(18(4,5)6)13(3)14-9-7-8-10-15(14)16;1-11-10-15(16(3,4)5)12(2)14-9-7-6-8-13(11)14;1-11-13-8-6-5-7-12(13)9-10-14(11)15(2,3)4/h10-14H,8-9H2,1-7H3;9-13H,8H2,1-7H3;8-12H,1-7H3;7-12H,1-6H3;6-10H,1-5H3;5-10H,1-4H3. The van der Waals surface area contributed by atoms with E-state index in [9.17, 15) is 0 Å². The Kier molecular flexibility index (Phi) is 27.6. The molecule has 0 N–H and O–H groups in total. The van der Waals surface area contributed by atoms with Crippen molar-refractivity contribution in [1.82, 2.24) is 0 Å². The van der Waals surface area contributed by atoms with Gasteiger partial charge in [0.2, 0.25) is 0 Å². The van der Waals surface area contributed by atoms with E-state index in [-0.39, 0.29) is 48.7 Å². The summed E-state index contributed by atoms with van der Waals surface area (Å²) in [6.07, 6.45) is 3.52. The molecule has 0 atom stereocenters. The molecule has 0 saturated heterocycles. The number of aryl methyl sites for hydroxylation is 7. The molecule has 12 aromatic carbocycles. The minimum absolute atomic E-state index is 0.174. The zero-order valence-electron chi connectivity index (χ0n) is 75.6. The summed E-state index contributed by atoms with van der Waals surface area (Å²) in [5, 5.41) is 16.8. The molecule has 0 radical (unpaired) electrons. The van der Waals surface area contributed by atoms with Gasteiger partial charge in [0, 0.05) is 0 Å². The van der Waals surface area contributed by atoms with Crippen LogP contribution in [0.3, 0.4) is 0 Å². The quantitative estimate of drug-likeness (QED) is 0.156. The number of hydrogen-bond acceptors (Lipinski definition) is 0. The number of rotatable bonds is 6. The Labute approximate surface area is 666 Å². The van der Waals surface area contributed by atoms with Gasteiger partial charge in [-0.05, 0) is 282 Å². The van der Waals surface area contributed by atoms with Gasteiger partial charge < -0.3 is 0 Å². The van der Waals surface area contributed by atoms with E-state index in [0.29, 0.717) is 5.92 Å². The van der Waals surface area contributed by atoms with Crippen molar-refractivity contribution in [2.75, 3.05) is 0 Å². The van der Waals surface area contributed by atoms with Crippen LogP contribution >= 0.6 is 0 Å². The molecule has 0 bridgehead atoms. The van der Waals surface area contributed by atoms with Crippen LogP contribution < -0.4 is 0 Å². The van der Waals surface area contributed by atoms with Gasteiger partial charge in [-0.2, -0.15) is 0 Å². The molecule has 0 aliphatic rings. The van der Waals surface area contributed by atoms with E-state index in [1.807, 2.05) is 0 Å². The first kappa shape index (κ1) is 88.4. The maximum Gasteiger partial charge on any atom is -0.00742 e. The monoisotopic (exact) mass is 1460 g/mol. The van der Waals surface area contributed by atoms with Crippen LogP contribution in [-0.2, 0) is 48.7 Å². The van der Waals surface area contributed by atoms with Gasteiger partial charge in [-0.3, -0.25) is 0 Å². The summed E-state index contributed by atoms with van der Waals surface area (Å²) >= 11 is 0. The second-order valence-electron chi connectivity index (χ2n) is 40.4. The van der Waals surface area contributed by atoms with Crippen LogP contribution in [-0.4, -0.2) is 0 Å². The van der Waals surface area contributed by atoms with Crippen molar-refractivity contribution in [2.45, 2.75) is 323 Å². The van der Waals surface area contributed by atoms with E-state index in [0.717, 1.165) is 6.42 Å². The van der Waals surface area contributed by atoms with Crippen LogP contribution in [0.1, 0.15) is 321 Å². The van der Waals surface area contributed by atoms with Gasteiger partial charge in [-0.1, -0.05) is 389 Å². The van der Waals surface area contributed by atoms with Crippen molar-refractivity contribution in [3.05, 3.63) is 283 Å². The average Bonchev–Trinajstić information content (AvgIpc) is 0.952. The Hall–Kier alpha value is -7.80. The maximum absolute atomic E-state index is 2.49. The first-order valence-electron chi connectivity index (χ1n) is 41.4. The molecule has 0 heterocycles. The lowest BCUT2D eigenvalue weighted by Gasteiger charge is -2.32. The smallest absolute Gasteiger partial charge is 0.00742 e. The summed E-state index contributed by atoms with van der Waals surface area (Å²) in [6.45, 7) is 82.6. The summed E-state index contributed by atoms with van der Waals surface area (Å²) in [5.41, 5.74) is 26.6. The van der Waals surface area contributed by atoms with Gasteiger partial charge >= 0.3 is 0 Å². The van der Waals surface area contributed by atoms with Crippen LogP contribution in [0.2, 0.25) is 0 Å². The predicted molar refractivity (Wildman–Crippen MR) is 493 cm³/mol. The first-order valence-corrected chi connectivity index (χ1v) is 41.4. The highest BCUT2D eigenvalue weighted by Gasteiger charge is 2.31. The molecule has 0 nitrogen and oxygen atoms in total. The molecule has 0 aliphatic heterocycles. The topological polar surface area (TPSA) is 0 Å². The van der Waals surface area contributed by atoms with Crippen LogP contribution in [0.25, 0.3) is 64.6 Å². The SMILES string of the molecule is CCC(C)(C)c1cc(C(C)(C)C)c(C)c2ccccc12.CCC(C)(CC)c1cc(C(C)(C)C)c(C)c2ccccc12.Cc1c(C(C)(C)C)cc(C(C)(C)C)c2ccccc12.Cc1c(C(C)(C)C)cc(C(C)C)c2ccccc12.Cc1c(C(C)(C)C)ccc2ccccc12.Cc1cc(C(C)(C)C)c(C)c2ccccc12. The van der Waals surface area contributed by atoms with Crippen molar-refractivity contribution in [2.24, 2.45) is 0 Å². The van der Waals surface area contributed by atoms with Crippen molar-refractivity contribution < 1.29 is 0 Å². The Balaban J connectivity index is 0.000000183. The minimum Gasteiger partial charge on any atom is -0.0646 e. The highest BCUT2D eigenvalue weighted by molar-refractivity contribution is 5.95. The average molecular weight is 1460 g/mol. The van der Waals surface area contributed by atoms with Crippen molar-refractivity contribution in [3.8, 4) is 0 Å². The lowest BCUT2D eigenvalue weighted by molar-refractivity contribution is 0.441. The Morgan fingerprint density at radius 2 is 0.477 bits per heavy atom. The Morgan fingerprint density at radius 1 is 0.220 bits per heavy atom. The van der Waals surface area contributed by atoms with Crippen LogP contribution in [0.4, 0.5) is 0 Å². The fourth-order valence-electron chi connectivity index (χ4n) is 16.9. The molecule has 109 heavy (non-hydrogen) atoms. The third kappa shape index (κ3) is 20.3. The van der Waals surface area contributed by atoms with Crippen LogP contribution in [0.15, 0.2) is 188 Å². The molecule has 12 aromatic rings. The third-order valence-corrected chi connectivity index (χ3v) is 24.1. The number of benzene rings is 12. The molecule has 0 spiro atoms. The molecular formula is C109H146. The second-order valence-corrected chi connectivity index (χ2v) is 40.4. The van der Waals surface area contributed by atoms with Gasteiger partial charge in [0.1, 0.15) is 0 Å². The third-order valence-electron chi connectivity index (χ3n) is 24.1. The molecule has 582 valence electrons. The van der Waals surface area contributed by atoms with Gasteiger partial charge in [0.05, 0.1) is 0 Å². The minimum atomic E-state index is 0.174.